The van der Waals surface area contributed by atoms with Gasteiger partial charge >= 0.3 is 0 Å². The van der Waals surface area contributed by atoms with Gasteiger partial charge in [0.2, 0.25) is 0 Å². The summed E-state index contributed by atoms with van der Waals surface area (Å²) < 4.78 is 0. The molecular weight excluding hydrogens is 180 g/mol. The van der Waals surface area contributed by atoms with Gasteiger partial charge in [-0.25, -0.2) is 0 Å². The average molecular weight is 200 g/mol. The van der Waals surface area contributed by atoms with E-state index >= 15 is 0 Å². The third-order valence-corrected chi connectivity index (χ3v) is 3.25. The predicted molar refractivity (Wildman–Crippen MR) is 66.3 cm³/mol. The molecule has 0 bridgehead atoms. The molecule has 2 rings (SSSR count). The monoisotopic (exact) mass is 200 g/mol. The Morgan fingerprint density at radius 2 is 1.87 bits per heavy atom. The van der Waals surface area contributed by atoms with E-state index in [1.54, 1.807) is 5.56 Å². The highest BCUT2D eigenvalue weighted by atomic mass is 14.3. The zero-order chi connectivity index (χ0) is 11.1. The van der Waals surface area contributed by atoms with E-state index in [4.69, 9.17) is 0 Å². The molecule has 15 heavy (non-hydrogen) atoms. The Morgan fingerprint density at radius 1 is 1.13 bits per heavy atom. The maximum Gasteiger partial charge on any atom is -0.00669 e. The molecule has 0 saturated heterocycles. The number of allylic oxidation sites excluding steroid dienone is 1. The molecule has 0 N–H and O–H groups in total. The van der Waals surface area contributed by atoms with E-state index in [1.807, 2.05) is 0 Å². The van der Waals surface area contributed by atoms with Crippen LogP contribution in [0.1, 0.15) is 43.9 Å². The Bertz CT molecular complexity index is 391. The summed E-state index contributed by atoms with van der Waals surface area (Å²) in [4.78, 5) is 0. The summed E-state index contributed by atoms with van der Waals surface area (Å²) in [7, 11) is 0. The fourth-order valence-corrected chi connectivity index (χ4v) is 2.46. The first-order valence-corrected chi connectivity index (χ1v) is 5.76. The minimum Gasteiger partial charge on any atom is -0.0995 e. The van der Waals surface area contributed by atoms with Crippen molar-refractivity contribution in [1.82, 2.24) is 0 Å². The van der Waals surface area contributed by atoms with E-state index in [2.05, 4.69) is 45.5 Å². The zero-order valence-corrected chi connectivity index (χ0v) is 10.1. The number of benzene rings is 1. The van der Waals surface area contributed by atoms with Crippen LogP contribution in [0.3, 0.4) is 0 Å². The summed E-state index contributed by atoms with van der Waals surface area (Å²) in [6.07, 6.45) is 3.43. The second kappa shape index (κ2) is 3.52. The molecule has 1 aliphatic carbocycles. The van der Waals surface area contributed by atoms with E-state index in [1.165, 1.54) is 29.5 Å². The number of fused-ring (bicyclic) bond motifs is 1. The number of hydrogen-bond acceptors (Lipinski definition) is 0. The Kier molecular flexibility index (Phi) is 2.46. The molecule has 0 nitrogen and oxygen atoms in total. The Balaban J connectivity index is 2.51. The first-order chi connectivity index (χ1) is 6.98. The molecule has 0 heterocycles. The lowest BCUT2D eigenvalue weighted by atomic mass is 9.77. The van der Waals surface area contributed by atoms with Gasteiger partial charge in [-0.1, -0.05) is 51.1 Å². The van der Waals surface area contributed by atoms with Crippen LogP contribution in [0.5, 0.6) is 0 Å². The largest absolute Gasteiger partial charge is 0.0995 e. The van der Waals surface area contributed by atoms with E-state index < -0.39 is 0 Å². The fraction of sp³-hybridized carbons (Fsp3) is 0.467. The number of hydrogen-bond donors (Lipinski definition) is 0. The molecular formula is C15H20. The quantitative estimate of drug-likeness (QED) is 0.555. The van der Waals surface area contributed by atoms with Gasteiger partial charge in [0.1, 0.15) is 0 Å². The highest BCUT2D eigenvalue weighted by Gasteiger charge is 2.21. The SMILES string of the molecule is C=C1CCc2c(cccc2C(C)(C)C)C1. The molecule has 0 aliphatic heterocycles. The molecule has 0 spiro atoms. The Hall–Kier alpha value is -1.04. The standard InChI is InChI=1S/C15H20/c1-11-8-9-13-12(10-11)6-5-7-14(13)15(2,3)4/h5-7H,1,8-10H2,2-4H3. The van der Waals surface area contributed by atoms with Gasteiger partial charge in [0, 0.05) is 0 Å². The summed E-state index contributed by atoms with van der Waals surface area (Å²) in [6.45, 7) is 11.0. The lowest BCUT2D eigenvalue weighted by molar-refractivity contribution is 0.577. The Labute approximate surface area is 93.0 Å². The van der Waals surface area contributed by atoms with Crippen LogP contribution in [0.25, 0.3) is 0 Å². The molecule has 0 amide bonds. The van der Waals surface area contributed by atoms with Gasteiger partial charge in [-0.2, -0.15) is 0 Å². The molecule has 80 valence electrons. The molecule has 0 heteroatoms. The molecule has 1 aromatic rings. The molecule has 1 aliphatic rings. The van der Waals surface area contributed by atoms with Crippen molar-refractivity contribution < 1.29 is 0 Å². The summed E-state index contributed by atoms with van der Waals surface area (Å²) >= 11 is 0. The Morgan fingerprint density at radius 3 is 2.53 bits per heavy atom. The van der Waals surface area contributed by atoms with Crippen molar-refractivity contribution in [3.05, 3.63) is 47.0 Å². The van der Waals surface area contributed by atoms with Gasteiger partial charge in [-0.05, 0) is 41.4 Å². The first-order valence-electron chi connectivity index (χ1n) is 5.76. The normalized spacial score (nSPS) is 16.3. The smallest absolute Gasteiger partial charge is 0.00669 e. The maximum atomic E-state index is 4.10. The predicted octanol–water partition coefficient (Wildman–Crippen LogP) is 4.03. The van der Waals surface area contributed by atoms with Crippen LogP contribution in [0, 0.1) is 0 Å². The fourth-order valence-electron chi connectivity index (χ4n) is 2.46. The zero-order valence-electron chi connectivity index (χ0n) is 10.1. The van der Waals surface area contributed by atoms with Crippen molar-refractivity contribution in [2.24, 2.45) is 0 Å². The van der Waals surface area contributed by atoms with E-state index in [0.717, 1.165) is 6.42 Å². The van der Waals surface area contributed by atoms with Crippen molar-refractivity contribution in [2.75, 3.05) is 0 Å². The highest BCUT2D eigenvalue weighted by Crippen LogP contribution is 2.33. The van der Waals surface area contributed by atoms with Crippen LogP contribution in [0.15, 0.2) is 30.4 Å². The lowest BCUT2D eigenvalue weighted by Gasteiger charge is -2.28. The molecule has 0 atom stereocenters. The topological polar surface area (TPSA) is 0 Å². The summed E-state index contributed by atoms with van der Waals surface area (Å²) in [5.74, 6) is 0. The van der Waals surface area contributed by atoms with Gasteiger partial charge in [-0.3, -0.25) is 0 Å². The van der Waals surface area contributed by atoms with Gasteiger partial charge in [0.15, 0.2) is 0 Å². The van der Waals surface area contributed by atoms with Gasteiger partial charge in [-0.15, -0.1) is 0 Å². The summed E-state index contributed by atoms with van der Waals surface area (Å²) in [6, 6.07) is 6.74. The van der Waals surface area contributed by atoms with Gasteiger partial charge < -0.3 is 0 Å². The molecule has 0 unspecified atom stereocenters. The van der Waals surface area contributed by atoms with E-state index in [9.17, 15) is 0 Å². The minimum absolute atomic E-state index is 0.268. The molecule has 0 saturated carbocycles. The van der Waals surface area contributed by atoms with Crippen molar-refractivity contribution in [2.45, 2.75) is 45.4 Å². The maximum absolute atomic E-state index is 4.10. The van der Waals surface area contributed by atoms with Crippen molar-refractivity contribution in [3.63, 3.8) is 0 Å². The van der Waals surface area contributed by atoms with Crippen LogP contribution >= 0.6 is 0 Å². The van der Waals surface area contributed by atoms with Crippen LogP contribution in [-0.4, -0.2) is 0 Å². The molecule has 0 fully saturated rings. The van der Waals surface area contributed by atoms with E-state index in [-0.39, 0.29) is 5.41 Å². The lowest BCUT2D eigenvalue weighted by Crippen LogP contribution is -2.18. The van der Waals surface area contributed by atoms with Gasteiger partial charge in [0.05, 0.1) is 0 Å². The highest BCUT2D eigenvalue weighted by molar-refractivity contribution is 5.43. The van der Waals surface area contributed by atoms with E-state index in [0.29, 0.717) is 0 Å². The summed E-state index contributed by atoms with van der Waals surface area (Å²) in [5, 5.41) is 0. The average Bonchev–Trinajstić information content (AvgIpc) is 2.15. The molecule has 1 aromatic carbocycles. The van der Waals surface area contributed by atoms with Crippen LogP contribution in [0.4, 0.5) is 0 Å². The first kappa shape index (κ1) is 10.5. The molecule has 0 aromatic heterocycles. The third-order valence-electron chi connectivity index (χ3n) is 3.25. The van der Waals surface area contributed by atoms with Crippen LogP contribution in [-0.2, 0) is 18.3 Å². The third kappa shape index (κ3) is 1.99. The second-order valence-electron chi connectivity index (χ2n) is 5.62. The second-order valence-corrected chi connectivity index (χ2v) is 5.62. The van der Waals surface area contributed by atoms with Crippen LogP contribution in [0.2, 0.25) is 0 Å². The van der Waals surface area contributed by atoms with Crippen molar-refractivity contribution in [3.8, 4) is 0 Å². The summed E-state index contributed by atoms with van der Waals surface area (Å²) in [5.41, 5.74) is 6.25. The minimum atomic E-state index is 0.268. The van der Waals surface area contributed by atoms with Crippen molar-refractivity contribution in [1.29, 1.82) is 0 Å². The van der Waals surface area contributed by atoms with Crippen LogP contribution < -0.4 is 0 Å². The van der Waals surface area contributed by atoms with Crippen molar-refractivity contribution >= 4 is 0 Å². The van der Waals surface area contributed by atoms with Gasteiger partial charge in [0.25, 0.3) is 0 Å². The molecule has 0 radical (unpaired) electrons. The number of rotatable bonds is 0.